The number of hydrogen-bond donors (Lipinski definition) is 0. The van der Waals surface area contributed by atoms with Crippen molar-refractivity contribution >= 4 is 5.97 Å². The highest BCUT2D eigenvalue weighted by molar-refractivity contribution is 5.88. The first-order valence-electron chi connectivity index (χ1n) is 6.71. The Morgan fingerprint density at radius 2 is 2.22 bits per heavy atom. The summed E-state index contributed by atoms with van der Waals surface area (Å²) in [5, 5.41) is 8.13. The summed E-state index contributed by atoms with van der Waals surface area (Å²) in [7, 11) is 0. The minimum absolute atomic E-state index is 0.352. The third-order valence-corrected chi connectivity index (χ3v) is 3.04. The highest BCUT2D eigenvalue weighted by Crippen LogP contribution is 2.31. The largest absolute Gasteiger partial charge is 0.461 e. The molecular weight excluding hydrogens is 230 g/mol. The molecule has 1 aromatic rings. The first-order chi connectivity index (χ1) is 8.61. The molecule has 1 aliphatic carbocycles. The Kier molecular flexibility index (Phi) is 3.99. The number of rotatable bonds is 6. The molecule has 0 amide bonds. The Hall–Kier alpha value is -1.39. The molecular formula is C13H21N3O2. The molecule has 100 valence electrons. The Morgan fingerprint density at radius 3 is 2.78 bits per heavy atom. The SMILES string of the molecule is CCOC(=O)c1nnn(CC2CC2)c1CC(C)C. The van der Waals surface area contributed by atoms with E-state index >= 15 is 0 Å². The van der Waals surface area contributed by atoms with Gasteiger partial charge in [-0.1, -0.05) is 19.1 Å². The molecule has 0 aromatic carbocycles. The van der Waals surface area contributed by atoms with Crippen LogP contribution in [0.15, 0.2) is 0 Å². The molecule has 0 bridgehead atoms. The summed E-state index contributed by atoms with van der Waals surface area (Å²) in [6, 6.07) is 0. The van der Waals surface area contributed by atoms with Crippen molar-refractivity contribution in [2.45, 2.75) is 46.6 Å². The van der Waals surface area contributed by atoms with Crippen LogP contribution in [0.5, 0.6) is 0 Å². The van der Waals surface area contributed by atoms with Gasteiger partial charge in [0.1, 0.15) is 0 Å². The molecule has 0 saturated heterocycles. The molecule has 1 heterocycles. The molecule has 1 aromatic heterocycles. The lowest BCUT2D eigenvalue weighted by Gasteiger charge is -2.09. The first-order valence-corrected chi connectivity index (χ1v) is 6.71. The number of carbonyl (C=O) groups is 1. The normalized spacial score (nSPS) is 15.1. The minimum atomic E-state index is -0.352. The van der Waals surface area contributed by atoms with Crippen molar-refractivity contribution in [1.29, 1.82) is 0 Å². The third kappa shape index (κ3) is 3.09. The number of carbonyl (C=O) groups excluding carboxylic acids is 1. The van der Waals surface area contributed by atoms with Crippen molar-refractivity contribution in [3.8, 4) is 0 Å². The fraction of sp³-hybridized carbons (Fsp3) is 0.769. The van der Waals surface area contributed by atoms with Gasteiger partial charge in [-0.25, -0.2) is 9.48 Å². The van der Waals surface area contributed by atoms with Gasteiger partial charge in [0.05, 0.1) is 12.3 Å². The van der Waals surface area contributed by atoms with Gasteiger partial charge in [0.2, 0.25) is 0 Å². The fourth-order valence-electron chi connectivity index (χ4n) is 1.97. The van der Waals surface area contributed by atoms with Gasteiger partial charge in [-0.05, 0) is 38.0 Å². The maximum atomic E-state index is 11.8. The Morgan fingerprint density at radius 1 is 1.50 bits per heavy atom. The van der Waals surface area contributed by atoms with Crippen LogP contribution in [0.25, 0.3) is 0 Å². The van der Waals surface area contributed by atoms with Crippen LogP contribution < -0.4 is 0 Å². The quantitative estimate of drug-likeness (QED) is 0.726. The van der Waals surface area contributed by atoms with Gasteiger partial charge in [-0.3, -0.25) is 0 Å². The molecule has 0 radical (unpaired) electrons. The van der Waals surface area contributed by atoms with Gasteiger partial charge in [0.25, 0.3) is 0 Å². The van der Waals surface area contributed by atoms with Crippen LogP contribution in [0.1, 0.15) is 49.8 Å². The highest BCUT2D eigenvalue weighted by atomic mass is 16.5. The zero-order valence-electron chi connectivity index (χ0n) is 11.3. The summed E-state index contributed by atoms with van der Waals surface area (Å²) in [6.07, 6.45) is 3.33. The standard InChI is InChI=1S/C13H21N3O2/c1-4-18-13(17)12-11(7-9(2)3)16(15-14-12)8-10-5-6-10/h9-10H,4-8H2,1-3H3. The second-order valence-electron chi connectivity index (χ2n) is 5.33. The highest BCUT2D eigenvalue weighted by Gasteiger charge is 2.27. The smallest absolute Gasteiger partial charge is 0.360 e. The van der Waals surface area contributed by atoms with E-state index in [0.717, 1.165) is 18.7 Å². The summed E-state index contributed by atoms with van der Waals surface area (Å²) in [4.78, 5) is 11.8. The molecule has 18 heavy (non-hydrogen) atoms. The van der Waals surface area contributed by atoms with E-state index in [-0.39, 0.29) is 5.97 Å². The van der Waals surface area contributed by atoms with Crippen molar-refractivity contribution < 1.29 is 9.53 Å². The van der Waals surface area contributed by atoms with E-state index in [9.17, 15) is 4.79 Å². The van der Waals surface area contributed by atoms with Gasteiger partial charge < -0.3 is 4.74 Å². The minimum Gasteiger partial charge on any atom is -0.461 e. The van der Waals surface area contributed by atoms with Crippen molar-refractivity contribution in [1.82, 2.24) is 15.0 Å². The van der Waals surface area contributed by atoms with Crippen LogP contribution >= 0.6 is 0 Å². The van der Waals surface area contributed by atoms with Gasteiger partial charge in [-0.15, -0.1) is 5.10 Å². The first kappa shape index (κ1) is 13.1. The Balaban J connectivity index is 2.21. The number of esters is 1. The van der Waals surface area contributed by atoms with Crippen LogP contribution in [0.2, 0.25) is 0 Å². The van der Waals surface area contributed by atoms with E-state index in [0.29, 0.717) is 24.1 Å². The van der Waals surface area contributed by atoms with Crippen LogP contribution in [0.3, 0.4) is 0 Å². The van der Waals surface area contributed by atoms with Crippen molar-refractivity contribution in [2.24, 2.45) is 11.8 Å². The summed E-state index contributed by atoms with van der Waals surface area (Å²) < 4.78 is 6.92. The van der Waals surface area contributed by atoms with E-state index < -0.39 is 0 Å². The number of hydrogen-bond acceptors (Lipinski definition) is 4. The predicted octanol–water partition coefficient (Wildman–Crippen LogP) is 2.06. The second kappa shape index (κ2) is 5.50. The van der Waals surface area contributed by atoms with Crippen LogP contribution in [0.4, 0.5) is 0 Å². The Labute approximate surface area is 108 Å². The van der Waals surface area contributed by atoms with Crippen molar-refractivity contribution in [3.05, 3.63) is 11.4 Å². The molecule has 2 rings (SSSR count). The van der Waals surface area contributed by atoms with E-state index in [1.54, 1.807) is 6.92 Å². The molecule has 0 N–H and O–H groups in total. The Bertz CT molecular complexity index is 422. The molecule has 1 saturated carbocycles. The maximum absolute atomic E-state index is 11.8. The average Bonchev–Trinajstić information content (AvgIpc) is 3.02. The lowest BCUT2D eigenvalue weighted by molar-refractivity contribution is 0.0517. The van der Waals surface area contributed by atoms with Crippen LogP contribution in [0, 0.1) is 11.8 Å². The van der Waals surface area contributed by atoms with E-state index in [2.05, 4.69) is 24.2 Å². The van der Waals surface area contributed by atoms with E-state index in [1.807, 2.05) is 4.68 Å². The van der Waals surface area contributed by atoms with E-state index in [1.165, 1.54) is 12.8 Å². The molecule has 0 aliphatic heterocycles. The monoisotopic (exact) mass is 251 g/mol. The van der Waals surface area contributed by atoms with Crippen molar-refractivity contribution in [2.75, 3.05) is 6.61 Å². The average molecular weight is 251 g/mol. The lowest BCUT2D eigenvalue weighted by Crippen LogP contribution is -2.13. The molecule has 0 unspecified atom stereocenters. The topological polar surface area (TPSA) is 57.0 Å². The lowest BCUT2D eigenvalue weighted by atomic mass is 10.1. The predicted molar refractivity (Wildman–Crippen MR) is 67.2 cm³/mol. The summed E-state index contributed by atoms with van der Waals surface area (Å²) in [5.41, 5.74) is 1.32. The zero-order valence-corrected chi connectivity index (χ0v) is 11.3. The molecule has 5 heteroatoms. The van der Waals surface area contributed by atoms with Gasteiger partial charge in [-0.2, -0.15) is 0 Å². The molecule has 0 spiro atoms. The maximum Gasteiger partial charge on any atom is 0.360 e. The number of nitrogens with zero attached hydrogens (tertiary/aromatic N) is 3. The van der Waals surface area contributed by atoms with E-state index in [4.69, 9.17) is 4.74 Å². The summed E-state index contributed by atoms with van der Waals surface area (Å²) in [6.45, 7) is 7.31. The molecule has 0 atom stereocenters. The number of ether oxygens (including phenoxy) is 1. The molecule has 1 aliphatic rings. The third-order valence-electron chi connectivity index (χ3n) is 3.04. The molecule has 5 nitrogen and oxygen atoms in total. The van der Waals surface area contributed by atoms with Crippen LogP contribution in [-0.2, 0) is 17.7 Å². The fourth-order valence-corrected chi connectivity index (χ4v) is 1.97. The van der Waals surface area contributed by atoms with Gasteiger partial charge in [0.15, 0.2) is 5.69 Å². The second-order valence-corrected chi connectivity index (χ2v) is 5.33. The zero-order chi connectivity index (χ0) is 13.1. The summed E-state index contributed by atoms with van der Waals surface area (Å²) in [5.74, 6) is 0.831. The van der Waals surface area contributed by atoms with Crippen molar-refractivity contribution in [3.63, 3.8) is 0 Å². The van der Waals surface area contributed by atoms with Gasteiger partial charge in [0, 0.05) is 6.54 Å². The van der Waals surface area contributed by atoms with Crippen LogP contribution in [-0.4, -0.2) is 27.6 Å². The molecule has 1 fully saturated rings. The summed E-state index contributed by atoms with van der Waals surface area (Å²) >= 11 is 0. The van der Waals surface area contributed by atoms with Gasteiger partial charge >= 0.3 is 5.97 Å². The number of aromatic nitrogens is 3.